The van der Waals surface area contributed by atoms with Gasteiger partial charge < -0.3 is 15.6 Å². The largest absolute Gasteiger partial charge is 0.497 e. The van der Waals surface area contributed by atoms with Gasteiger partial charge in [-0.25, -0.2) is 18.3 Å². The third-order valence-corrected chi connectivity index (χ3v) is 7.84. The first-order valence-corrected chi connectivity index (χ1v) is 13.3. The van der Waals surface area contributed by atoms with Gasteiger partial charge in [-0.2, -0.15) is 18.3 Å². The van der Waals surface area contributed by atoms with Gasteiger partial charge in [-0.3, -0.25) is 14.5 Å². The molecule has 15 heteroatoms. The number of halogens is 6. The Morgan fingerprint density at radius 1 is 1.07 bits per heavy atom. The molecular weight excluding hydrogens is 625 g/mol. The van der Waals surface area contributed by atoms with Crippen LogP contribution in [0, 0.1) is 11.6 Å². The van der Waals surface area contributed by atoms with E-state index in [4.69, 9.17) is 22.1 Å². The van der Waals surface area contributed by atoms with E-state index in [1.165, 1.54) is 7.11 Å². The van der Waals surface area contributed by atoms with Crippen molar-refractivity contribution in [2.75, 3.05) is 7.11 Å². The van der Waals surface area contributed by atoms with Crippen LogP contribution in [0.25, 0.3) is 16.8 Å². The first kappa shape index (κ1) is 30.0. The van der Waals surface area contributed by atoms with Crippen molar-refractivity contribution in [3.05, 3.63) is 117 Å². The Bertz CT molecular complexity index is 2030. The quantitative estimate of drug-likeness (QED) is 0.242. The molecule has 1 unspecified atom stereocenters. The van der Waals surface area contributed by atoms with Crippen LogP contribution in [0.2, 0.25) is 5.02 Å². The summed E-state index contributed by atoms with van der Waals surface area (Å²) in [5, 5.41) is 16.4. The van der Waals surface area contributed by atoms with E-state index in [-0.39, 0.29) is 23.3 Å². The number of pyridine rings is 1. The number of methoxy groups -OCH3 is 1. The van der Waals surface area contributed by atoms with Crippen molar-refractivity contribution < 1.29 is 41.4 Å². The van der Waals surface area contributed by atoms with Crippen molar-refractivity contribution in [1.82, 2.24) is 19.5 Å². The second-order valence-corrected chi connectivity index (χ2v) is 10.5. The molecule has 1 aliphatic heterocycles. The first-order valence-electron chi connectivity index (χ1n) is 13.0. The summed E-state index contributed by atoms with van der Waals surface area (Å²) < 4.78 is 79.0. The minimum Gasteiger partial charge on any atom is -0.497 e. The molecule has 0 spiro atoms. The highest BCUT2D eigenvalue weighted by Gasteiger charge is 2.55. The summed E-state index contributed by atoms with van der Waals surface area (Å²) in [6.45, 7) is -0.376. The summed E-state index contributed by atoms with van der Waals surface area (Å²) >= 11 is 6.47. The predicted molar refractivity (Wildman–Crippen MR) is 149 cm³/mol. The van der Waals surface area contributed by atoms with E-state index in [9.17, 15) is 36.6 Å². The number of benzene rings is 3. The molecule has 45 heavy (non-hydrogen) atoms. The molecule has 3 heterocycles. The Morgan fingerprint density at radius 2 is 1.78 bits per heavy atom. The van der Waals surface area contributed by atoms with Gasteiger partial charge in [0, 0.05) is 40.0 Å². The number of aliphatic hydroxyl groups is 1. The van der Waals surface area contributed by atoms with E-state index >= 15 is 0 Å². The fourth-order valence-corrected chi connectivity index (χ4v) is 5.84. The van der Waals surface area contributed by atoms with Crippen molar-refractivity contribution in [2.45, 2.75) is 18.4 Å². The van der Waals surface area contributed by atoms with Crippen LogP contribution in [0.15, 0.2) is 67.1 Å². The lowest BCUT2D eigenvalue weighted by Gasteiger charge is -2.36. The SMILES string of the molecule is COc1ccc(CN2C(=O)c3c(c(-c4c(C(N)=O)cc(F)cc4C(F)(F)F)cn4ncnc34)C2(O)c2cc(F)ccc2Cl)cc1. The van der Waals surface area contributed by atoms with E-state index in [0.717, 1.165) is 40.1 Å². The first-order chi connectivity index (χ1) is 21.2. The molecule has 6 rings (SSSR count). The van der Waals surface area contributed by atoms with Gasteiger partial charge in [0.1, 0.15) is 23.7 Å². The van der Waals surface area contributed by atoms with Crippen molar-refractivity contribution in [3.63, 3.8) is 0 Å². The Balaban J connectivity index is 1.76. The van der Waals surface area contributed by atoms with Crippen molar-refractivity contribution >= 4 is 29.1 Å². The molecule has 3 N–H and O–H groups in total. The number of hydrogen-bond donors (Lipinski definition) is 2. The number of nitrogens with two attached hydrogens (primary N) is 1. The van der Waals surface area contributed by atoms with E-state index in [1.807, 2.05) is 0 Å². The van der Waals surface area contributed by atoms with Crippen molar-refractivity contribution in [2.24, 2.45) is 5.73 Å². The van der Waals surface area contributed by atoms with Crippen LogP contribution in [-0.4, -0.2) is 43.5 Å². The zero-order valence-corrected chi connectivity index (χ0v) is 23.6. The molecule has 1 aliphatic rings. The Morgan fingerprint density at radius 3 is 2.42 bits per heavy atom. The minimum absolute atomic E-state index is 0.153. The average molecular weight is 644 g/mol. The summed E-state index contributed by atoms with van der Waals surface area (Å²) in [6.07, 6.45) is -3.26. The molecule has 0 saturated heterocycles. The van der Waals surface area contributed by atoms with Gasteiger partial charge in [0.2, 0.25) is 5.91 Å². The number of rotatable bonds is 6. The molecule has 1 atom stereocenters. The molecule has 5 aromatic rings. The number of fused-ring (bicyclic) bond motifs is 3. The molecule has 0 radical (unpaired) electrons. The Labute approximate surface area is 255 Å². The van der Waals surface area contributed by atoms with E-state index in [0.29, 0.717) is 17.4 Å². The number of amides is 2. The van der Waals surface area contributed by atoms with Gasteiger partial charge in [0.15, 0.2) is 11.4 Å². The summed E-state index contributed by atoms with van der Waals surface area (Å²) in [6, 6.07) is 9.86. The third kappa shape index (κ3) is 4.73. The number of ether oxygens (including phenoxy) is 1. The lowest BCUT2D eigenvalue weighted by atomic mass is 9.84. The number of nitrogens with zero attached hydrogens (tertiary/aromatic N) is 4. The monoisotopic (exact) mass is 643 g/mol. The zero-order valence-electron chi connectivity index (χ0n) is 22.9. The second-order valence-electron chi connectivity index (χ2n) is 10.1. The molecule has 9 nitrogen and oxygen atoms in total. The number of primary amides is 1. The van der Waals surface area contributed by atoms with Gasteiger partial charge in [-0.15, -0.1) is 0 Å². The fourth-order valence-electron chi connectivity index (χ4n) is 5.59. The zero-order chi connectivity index (χ0) is 32.4. The molecular formula is C30H19ClF5N5O4. The molecule has 2 aromatic heterocycles. The van der Waals surface area contributed by atoms with Crippen LogP contribution < -0.4 is 10.5 Å². The van der Waals surface area contributed by atoms with Crippen LogP contribution in [0.1, 0.15) is 43.0 Å². The molecule has 230 valence electrons. The van der Waals surface area contributed by atoms with Crippen molar-refractivity contribution in [3.8, 4) is 16.9 Å². The normalized spacial score (nSPS) is 16.4. The number of carbonyl (C=O) groups excluding carboxylic acids is 2. The maximum absolute atomic E-state index is 14.8. The summed E-state index contributed by atoms with van der Waals surface area (Å²) in [5.74, 6) is -4.22. The van der Waals surface area contributed by atoms with Crippen molar-refractivity contribution in [1.29, 1.82) is 0 Å². The third-order valence-electron chi connectivity index (χ3n) is 7.51. The summed E-state index contributed by atoms with van der Waals surface area (Å²) in [7, 11) is 1.44. The van der Waals surface area contributed by atoms with E-state index in [1.54, 1.807) is 24.3 Å². The van der Waals surface area contributed by atoms with Gasteiger partial charge >= 0.3 is 6.18 Å². The smallest absolute Gasteiger partial charge is 0.417 e. The number of alkyl halides is 3. The molecule has 2 amide bonds. The van der Waals surface area contributed by atoms with Crippen LogP contribution in [0.4, 0.5) is 22.0 Å². The lowest BCUT2D eigenvalue weighted by molar-refractivity contribution is -0.137. The number of hydrogen-bond acceptors (Lipinski definition) is 6. The average Bonchev–Trinajstić information content (AvgIpc) is 3.55. The standard InChI is InChI=1S/C30H19ClF5N5O4/c1-45-17-5-2-14(3-6-17)11-40-28(43)24-25(29(40,44)20-9-15(32)4-7-22(20)31)19(12-41-27(24)38-13-39-41)23-18(26(37)42)8-16(33)10-21(23)30(34,35)36/h2-10,12-13,44H,11H2,1H3,(H2,37,42). The highest BCUT2D eigenvalue weighted by atomic mass is 35.5. The van der Waals surface area contributed by atoms with Gasteiger partial charge in [-0.05, 0) is 48.0 Å². The molecule has 0 bridgehead atoms. The lowest BCUT2D eigenvalue weighted by Crippen LogP contribution is -2.44. The van der Waals surface area contributed by atoms with Crippen LogP contribution in [0.3, 0.4) is 0 Å². The number of carbonyl (C=O) groups is 2. The summed E-state index contributed by atoms with van der Waals surface area (Å²) in [4.78, 5) is 31.8. The highest BCUT2D eigenvalue weighted by Crippen LogP contribution is 2.52. The van der Waals surface area contributed by atoms with E-state index in [2.05, 4.69) is 10.1 Å². The molecule has 0 fully saturated rings. The van der Waals surface area contributed by atoms with Crippen LogP contribution in [-0.2, 0) is 18.4 Å². The summed E-state index contributed by atoms with van der Waals surface area (Å²) in [5.41, 5.74) is -2.52. The highest BCUT2D eigenvalue weighted by molar-refractivity contribution is 6.31. The maximum Gasteiger partial charge on any atom is 0.417 e. The predicted octanol–water partition coefficient (Wildman–Crippen LogP) is 5.30. The van der Waals surface area contributed by atoms with Crippen LogP contribution in [0.5, 0.6) is 5.75 Å². The van der Waals surface area contributed by atoms with Gasteiger partial charge in [0.25, 0.3) is 5.91 Å². The topological polar surface area (TPSA) is 123 Å². The van der Waals surface area contributed by atoms with Gasteiger partial charge in [-0.1, -0.05) is 23.7 Å². The molecule has 0 saturated carbocycles. The Kier molecular flexibility index (Phi) is 7.01. The molecule has 3 aromatic carbocycles. The number of aromatic nitrogens is 3. The second kappa shape index (κ2) is 10.5. The van der Waals surface area contributed by atoms with E-state index < -0.39 is 74.3 Å². The van der Waals surface area contributed by atoms with Gasteiger partial charge in [0.05, 0.1) is 23.8 Å². The molecule has 0 aliphatic carbocycles. The minimum atomic E-state index is -5.26. The Hall–Kier alpha value is -5.08. The fraction of sp³-hybridized carbons (Fsp3) is 0.133. The van der Waals surface area contributed by atoms with Crippen LogP contribution >= 0.6 is 11.6 Å². The maximum atomic E-state index is 14.8.